The Hall–Kier alpha value is -2.16. The van der Waals surface area contributed by atoms with E-state index in [4.69, 9.17) is 16.3 Å². The highest BCUT2D eigenvalue weighted by Gasteiger charge is 2.35. The first kappa shape index (κ1) is 24.0. The van der Waals surface area contributed by atoms with E-state index >= 15 is 0 Å². The molecule has 178 valence electrons. The summed E-state index contributed by atoms with van der Waals surface area (Å²) in [4.78, 5) is 17.2. The number of ether oxygens (including phenoxy) is 1. The van der Waals surface area contributed by atoms with Crippen molar-refractivity contribution in [3.63, 3.8) is 0 Å². The van der Waals surface area contributed by atoms with Crippen LogP contribution in [0.1, 0.15) is 44.1 Å². The summed E-state index contributed by atoms with van der Waals surface area (Å²) >= 11 is 6.14. The topological polar surface area (TPSA) is 88.6 Å². The van der Waals surface area contributed by atoms with Crippen LogP contribution in [0.4, 0.5) is 0 Å². The number of pyridine rings is 1. The molecule has 0 unspecified atom stereocenters. The average molecular weight is 492 g/mol. The molecule has 33 heavy (non-hydrogen) atoms. The van der Waals surface area contributed by atoms with Crippen LogP contribution in [0.2, 0.25) is 5.02 Å². The van der Waals surface area contributed by atoms with E-state index in [0.717, 1.165) is 31.4 Å². The number of halogens is 1. The summed E-state index contributed by atoms with van der Waals surface area (Å²) in [6, 6.07) is 8.69. The minimum Gasteiger partial charge on any atom is -0.490 e. The third-order valence-corrected chi connectivity index (χ3v) is 8.98. The monoisotopic (exact) mass is 491 g/mol. The van der Waals surface area contributed by atoms with Gasteiger partial charge in [0.25, 0.3) is 0 Å². The lowest BCUT2D eigenvalue weighted by Crippen LogP contribution is -2.48. The Labute approximate surface area is 200 Å². The highest BCUT2D eigenvalue weighted by Crippen LogP contribution is 2.29. The van der Waals surface area contributed by atoms with Gasteiger partial charge in [-0.2, -0.15) is 4.31 Å². The molecule has 2 heterocycles. The number of benzene rings is 1. The number of hydrogen-bond donors (Lipinski definition) is 1. The minimum atomic E-state index is -3.70. The molecule has 9 heteroatoms. The summed E-state index contributed by atoms with van der Waals surface area (Å²) in [5.41, 5.74) is 0.538. The van der Waals surface area contributed by atoms with Crippen LogP contribution in [-0.4, -0.2) is 48.8 Å². The Balaban J connectivity index is 1.31. The first-order valence-corrected chi connectivity index (χ1v) is 13.3. The van der Waals surface area contributed by atoms with Crippen molar-refractivity contribution in [3.05, 3.63) is 53.3 Å². The molecule has 1 amide bonds. The van der Waals surface area contributed by atoms with E-state index in [1.54, 1.807) is 37.5 Å². The molecule has 1 N–H and O–H groups in total. The van der Waals surface area contributed by atoms with Crippen LogP contribution in [-0.2, 0) is 14.8 Å². The SMILES string of the molecule is Cc1c(Cl)cccc1S(=O)(=O)N1CCC[C@H](C(=O)N[C@H]2CC[C@H](Oc3ccncc3)CC2)C1. The number of hydrogen-bond acceptors (Lipinski definition) is 5. The van der Waals surface area contributed by atoms with Gasteiger partial charge in [0.2, 0.25) is 15.9 Å². The summed E-state index contributed by atoms with van der Waals surface area (Å²) < 4.78 is 33.9. The molecule has 0 bridgehead atoms. The lowest BCUT2D eigenvalue weighted by molar-refractivity contribution is -0.127. The van der Waals surface area contributed by atoms with Crippen molar-refractivity contribution in [1.29, 1.82) is 0 Å². The number of aromatic nitrogens is 1. The summed E-state index contributed by atoms with van der Waals surface area (Å²) in [6.07, 6.45) is 8.33. The minimum absolute atomic E-state index is 0.0591. The highest BCUT2D eigenvalue weighted by molar-refractivity contribution is 7.89. The molecule has 2 aliphatic rings. The smallest absolute Gasteiger partial charge is 0.243 e. The van der Waals surface area contributed by atoms with Crippen LogP contribution in [0.15, 0.2) is 47.6 Å². The number of rotatable bonds is 6. The Morgan fingerprint density at radius 1 is 1.12 bits per heavy atom. The van der Waals surface area contributed by atoms with Gasteiger partial charge in [0.15, 0.2) is 0 Å². The van der Waals surface area contributed by atoms with E-state index in [0.29, 0.717) is 30.0 Å². The molecule has 1 saturated heterocycles. The van der Waals surface area contributed by atoms with Crippen molar-refractivity contribution >= 4 is 27.5 Å². The van der Waals surface area contributed by atoms with Crippen molar-refractivity contribution in [2.75, 3.05) is 13.1 Å². The highest BCUT2D eigenvalue weighted by atomic mass is 35.5. The van der Waals surface area contributed by atoms with Crippen molar-refractivity contribution in [3.8, 4) is 5.75 Å². The fourth-order valence-electron chi connectivity index (χ4n) is 4.63. The van der Waals surface area contributed by atoms with Gasteiger partial charge in [-0.15, -0.1) is 0 Å². The van der Waals surface area contributed by atoms with E-state index in [-0.39, 0.29) is 35.4 Å². The predicted octanol–water partition coefficient (Wildman–Crippen LogP) is 3.95. The summed E-state index contributed by atoms with van der Waals surface area (Å²) in [5, 5.41) is 3.58. The van der Waals surface area contributed by atoms with Gasteiger partial charge >= 0.3 is 0 Å². The van der Waals surface area contributed by atoms with Gasteiger partial charge in [-0.3, -0.25) is 9.78 Å². The van der Waals surface area contributed by atoms with Gasteiger partial charge < -0.3 is 10.1 Å². The van der Waals surface area contributed by atoms with Crippen molar-refractivity contribution < 1.29 is 17.9 Å². The molecule has 0 radical (unpaired) electrons. The van der Waals surface area contributed by atoms with Crippen molar-refractivity contribution in [1.82, 2.24) is 14.6 Å². The molecule has 1 saturated carbocycles. The Bertz CT molecular complexity index is 1070. The van der Waals surface area contributed by atoms with Gasteiger partial charge in [-0.25, -0.2) is 8.42 Å². The third-order valence-electron chi connectivity index (χ3n) is 6.56. The molecule has 1 aromatic carbocycles. The molecule has 7 nitrogen and oxygen atoms in total. The third kappa shape index (κ3) is 5.67. The molecule has 0 spiro atoms. The van der Waals surface area contributed by atoms with Gasteiger partial charge in [0, 0.05) is 36.5 Å². The zero-order valence-corrected chi connectivity index (χ0v) is 20.3. The maximum absolute atomic E-state index is 13.2. The number of amides is 1. The lowest BCUT2D eigenvalue weighted by Gasteiger charge is -2.34. The van der Waals surface area contributed by atoms with E-state index in [1.165, 1.54) is 4.31 Å². The number of nitrogens with zero attached hydrogens (tertiary/aromatic N) is 2. The standard InChI is InChI=1S/C24H30ClN3O4S/c1-17-22(25)5-2-6-23(17)33(30,31)28-15-3-4-18(16-28)24(29)27-19-7-9-20(10-8-19)32-21-11-13-26-14-12-21/h2,5-6,11-14,18-20H,3-4,7-10,15-16H2,1H3,(H,27,29)/t18-,19-,20-/m0/s1. The van der Waals surface area contributed by atoms with Crippen molar-refractivity contribution in [2.24, 2.45) is 5.92 Å². The van der Waals surface area contributed by atoms with E-state index in [9.17, 15) is 13.2 Å². The maximum Gasteiger partial charge on any atom is 0.243 e. The normalized spacial score (nSPS) is 24.2. The van der Waals surface area contributed by atoms with Crippen molar-refractivity contribution in [2.45, 2.75) is 62.5 Å². The maximum atomic E-state index is 13.2. The van der Waals surface area contributed by atoms with E-state index in [1.807, 2.05) is 12.1 Å². The van der Waals surface area contributed by atoms with Gasteiger partial charge in [0.05, 0.1) is 16.9 Å². The first-order valence-electron chi connectivity index (χ1n) is 11.5. The number of sulfonamides is 1. The zero-order chi connectivity index (χ0) is 23.4. The van der Waals surface area contributed by atoms with Crippen LogP contribution in [0, 0.1) is 12.8 Å². The second-order valence-electron chi connectivity index (χ2n) is 8.85. The Morgan fingerprint density at radius 3 is 2.58 bits per heavy atom. The molecule has 1 aromatic heterocycles. The van der Waals surface area contributed by atoms with Crippen LogP contribution in [0.5, 0.6) is 5.75 Å². The molecule has 1 aliphatic heterocycles. The lowest BCUT2D eigenvalue weighted by atomic mass is 9.91. The van der Waals surface area contributed by atoms with E-state index < -0.39 is 10.0 Å². The van der Waals surface area contributed by atoms with Gasteiger partial charge in [-0.1, -0.05) is 17.7 Å². The molecule has 1 atom stereocenters. The molecule has 2 aromatic rings. The van der Waals surface area contributed by atoms with Gasteiger partial charge in [0.1, 0.15) is 5.75 Å². The molecule has 2 fully saturated rings. The van der Waals surface area contributed by atoms with Crippen LogP contribution in [0.25, 0.3) is 0 Å². The summed E-state index contributed by atoms with van der Waals surface area (Å²) in [7, 11) is -3.70. The van der Waals surface area contributed by atoms with E-state index in [2.05, 4.69) is 10.3 Å². The average Bonchev–Trinajstić information content (AvgIpc) is 2.83. The predicted molar refractivity (Wildman–Crippen MR) is 127 cm³/mol. The number of carbonyl (C=O) groups excluding carboxylic acids is 1. The quantitative estimate of drug-likeness (QED) is 0.661. The molecule has 4 rings (SSSR count). The zero-order valence-electron chi connectivity index (χ0n) is 18.7. The largest absolute Gasteiger partial charge is 0.490 e. The summed E-state index contributed by atoms with van der Waals surface area (Å²) in [6.45, 7) is 2.31. The summed E-state index contributed by atoms with van der Waals surface area (Å²) in [5.74, 6) is 0.408. The Morgan fingerprint density at radius 2 is 1.85 bits per heavy atom. The first-order chi connectivity index (χ1) is 15.8. The van der Waals surface area contributed by atoms with Crippen LogP contribution in [0.3, 0.4) is 0 Å². The molecular weight excluding hydrogens is 462 g/mol. The van der Waals surface area contributed by atoms with Crippen LogP contribution >= 0.6 is 11.6 Å². The fourth-order valence-corrected chi connectivity index (χ4v) is 6.64. The number of nitrogens with one attached hydrogen (secondary N) is 1. The molecular formula is C24H30ClN3O4S. The van der Waals surface area contributed by atoms with Crippen LogP contribution < -0.4 is 10.1 Å². The number of piperidine rings is 1. The molecule has 1 aliphatic carbocycles. The Kier molecular flexibility index (Phi) is 7.56. The second kappa shape index (κ2) is 10.4. The number of carbonyl (C=O) groups is 1. The fraction of sp³-hybridized carbons (Fsp3) is 0.500. The van der Waals surface area contributed by atoms with Gasteiger partial charge in [-0.05, 0) is 75.3 Å². The second-order valence-corrected chi connectivity index (χ2v) is 11.2.